The lowest BCUT2D eigenvalue weighted by atomic mass is 9.84. The van der Waals surface area contributed by atoms with Crippen molar-refractivity contribution < 1.29 is 9.53 Å². The standard InChI is InChI=1S/C15H29NO2S/c1-4-9-16-13-7-6-12(5-2)11-14(13)19-10-8-15(17)18-3/h12-14,16H,4-11H2,1-3H3. The van der Waals surface area contributed by atoms with Gasteiger partial charge in [0, 0.05) is 17.0 Å². The van der Waals surface area contributed by atoms with Crippen LogP contribution in [0.5, 0.6) is 0 Å². The Morgan fingerprint density at radius 1 is 1.37 bits per heavy atom. The number of carbonyl (C=O) groups is 1. The number of methoxy groups -OCH3 is 1. The minimum atomic E-state index is -0.0894. The lowest BCUT2D eigenvalue weighted by Gasteiger charge is -2.36. The van der Waals surface area contributed by atoms with Crippen LogP contribution in [0.4, 0.5) is 0 Å². The fourth-order valence-corrected chi connectivity index (χ4v) is 4.19. The lowest BCUT2D eigenvalue weighted by Crippen LogP contribution is -2.43. The van der Waals surface area contributed by atoms with Crippen LogP contribution in [-0.2, 0) is 9.53 Å². The quantitative estimate of drug-likeness (QED) is 0.696. The third kappa shape index (κ3) is 6.17. The van der Waals surface area contributed by atoms with Crippen molar-refractivity contribution in [3.05, 3.63) is 0 Å². The van der Waals surface area contributed by atoms with Crippen molar-refractivity contribution in [3.8, 4) is 0 Å². The van der Waals surface area contributed by atoms with Crippen LogP contribution >= 0.6 is 11.8 Å². The second kappa shape index (κ2) is 9.65. The molecule has 112 valence electrons. The minimum absolute atomic E-state index is 0.0894. The maximum Gasteiger partial charge on any atom is 0.306 e. The highest BCUT2D eigenvalue weighted by Gasteiger charge is 2.29. The molecule has 0 heterocycles. The average Bonchev–Trinajstić information content (AvgIpc) is 2.45. The van der Waals surface area contributed by atoms with Crippen LogP contribution in [0.15, 0.2) is 0 Å². The van der Waals surface area contributed by atoms with E-state index >= 15 is 0 Å². The summed E-state index contributed by atoms with van der Waals surface area (Å²) in [7, 11) is 1.46. The van der Waals surface area contributed by atoms with Gasteiger partial charge in [-0.25, -0.2) is 0 Å². The van der Waals surface area contributed by atoms with Gasteiger partial charge in [-0.3, -0.25) is 4.79 Å². The SMILES string of the molecule is CCCNC1CCC(CC)CC1SCCC(=O)OC. The Morgan fingerprint density at radius 2 is 2.16 bits per heavy atom. The number of hydrogen-bond donors (Lipinski definition) is 1. The van der Waals surface area contributed by atoms with E-state index in [4.69, 9.17) is 4.74 Å². The zero-order chi connectivity index (χ0) is 14.1. The predicted molar refractivity (Wildman–Crippen MR) is 82.6 cm³/mol. The molecule has 1 fully saturated rings. The fourth-order valence-electron chi connectivity index (χ4n) is 2.73. The molecule has 3 unspecified atom stereocenters. The van der Waals surface area contributed by atoms with E-state index in [-0.39, 0.29) is 5.97 Å². The number of hydrogen-bond acceptors (Lipinski definition) is 4. The molecule has 1 saturated carbocycles. The molecular formula is C15H29NO2S. The van der Waals surface area contributed by atoms with Crippen LogP contribution in [0.2, 0.25) is 0 Å². The molecule has 0 bridgehead atoms. The first-order valence-corrected chi connectivity index (χ1v) is 8.67. The van der Waals surface area contributed by atoms with Gasteiger partial charge in [-0.1, -0.05) is 20.3 Å². The number of carbonyl (C=O) groups excluding carboxylic acids is 1. The average molecular weight is 287 g/mol. The molecule has 0 aromatic heterocycles. The van der Waals surface area contributed by atoms with Gasteiger partial charge in [0.1, 0.15) is 0 Å². The van der Waals surface area contributed by atoms with Gasteiger partial charge in [0.05, 0.1) is 13.5 Å². The first-order valence-electron chi connectivity index (χ1n) is 7.63. The summed E-state index contributed by atoms with van der Waals surface area (Å²) in [5, 5.41) is 4.34. The maximum absolute atomic E-state index is 11.2. The van der Waals surface area contributed by atoms with Gasteiger partial charge in [-0.05, 0) is 38.1 Å². The number of ether oxygens (including phenoxy) is 1. The number of rotatable bonds is 8. The Kier molecular flexibility index (Phi) is 8.55. The number of esters is 1. The van der Waals surface area contributed by atoms with Crippen LogP contribution in [0.3, 0.4) is 0 Å². The smallest absolute Gasteiger partial charge is 0.306 e. The second-order valence-electron chi connectivity index (χ2n) is 5.38. The van der Waals surface area contributed by atoms with Crippen molar-refractivity contribution in [3.63, 3.8) is 0 Å². The van der Waals surface area contributed by atoms with E-state index in [1.54, 1.807) is 0 Å². The molecular weight excluding hydrogens is 258 g/mol. The Morgan fingerprint density at radius 3 is 2.79 bits per heavy atom. The molecule has 0 radical (unpaired) electrons. The summed E-state index contributed by atoms with van der Waals surface area (Å²) in [6.45, 7) is 5.61. The number of nitrogens with one attached hydrogen (secondary N) is 1. The van der Waals surface area contributed by atoms with Crippen molar-refractivity contribution >= 4 is 17.7 Å². The molecule has 3 atom stereocenters. The van der Waals surface area contributed by atoms with Gasteiger partial charge in [0.2, 0.25) is 0 Å². The van der Waals surface area contributed by atoms with E-state index in [0.717, 1.165) is 18.2 Å². The summed E-state index contributed by atoms with van der Waals surface area (Å²) in [5.41, 5.74) is 0. The van der Waals surface area contributed by atoms with Gasteiger partial charge in [-0.2, -0.15) is 11.8 Å². The summed E-state index contributed by atoms with van der Waals surface area (Å²) < 4.78 is 4.71. The van der Waals surface area contributed by atoms with Crippen molar-refractivity contribution in [1.29, 1.82) is 0 Å². The molecule has 1 aliphatic carbocycles. The molecule has 1 rings (SSSR count). The Labute approximate surface area is 122 Å². The van der Waals surface area contributed by atoms with Crippen LogP contribution in [0.1, 0.15) is 52.4 Å². The molecule has 1 aliphatic rings. The van der Waals surface area contributed by atoms with Crippen molar-refractivity contribution in [2.24, 2.45) is 5.92 Å². The number of thioether (sulfide) groups is 1. The zero-order valence-electron chi connectivity index (χ0n) is 12.6. The largest absolute Gasteiger partial charge is 0.469 e. The van der Waals surface area contributed by atoms with E-state index in [9.17, 15) is 4.79 Å². The van der Waals surface area contributed by atoms with Crippen LogP contribution in [-0.4, -0.2) is 36.7 Å². The normalized spacial score (nSPS) is 27.2. The molecule has 0 amide bonds. The summed E-state index contributed by atoms with van der Waals surface area (Å²) in [5.74, 6) is 1.67. The van der Waals surface area contributed by atoms with Crippen LogP contribution < -0.4 is 5.32 Å². The first kappa shape index (κ1) is 16.8. The van der Waals surface area contributed by atoms with Crippen molar-refractivity contribution in [2.75, 3.05) is 19.4 Å². The molecule has 1 N–H and O–H groups in total. The van der Waals surface area contributed by atoms with Crippen LogP contribution in [0.25, 0.3) is 0 Å². The summed E-state index contributed by atoms with van der Waals surface area (Å²) >= 11 is 1.96. The highest BCUT2D eigenvalue weighted by Crippen LogP contribution is 2.34. The highest BCUT2D eigenvalue weighted by atomic mass is 32.2. The van der Waals surface area contributed by atoms with Crippen LogP contribution in [0, 0.1) is 5.92 Å². The summed E-state index contributed by atoms with van der Waals surface area (Å²) in [4.78, 5) is 11.2. The topological polar surface area (TPSA) is 38.3 Å². The fraction of sp³-hybridized carbons (Fsp3) is 0.933. The Bertz CT molecular complexity index is 261. The molecule has 0 aliphatic heterocycles. The minimum Gasteiger partial charge on any atom is -0.469 e. The van der Waals surface area contributed by atoms with Crippen molar-refractivity contribution in [2.45, 2.75) is 63.7 Å². The van der Waals surface area contributed by atoms with E-state index in [1.165, 1.54) is 39.2 Å². The second-order valence-corrected chi connectivity index (χ2v) is 6.73. The molecule has 19 heavy (non-hydrogen) atoms. The molecule has 0 aromatic carbocycles. The van der Waals surface area contributed by atoms with Gasteiger partial charge < -0.3 is 10.1 Å². The maximum atomic E-state index is 11.2. The Balaban J connectivity index is 2.39. The summed E-state index contributed by atoms with van der Waals surface area (Å²) in [6, 6.07) is 0.630. The lowest BCUT2D eigenvalue weighted by molar-refractivity contribution is -0.140. The van der Waals surface area contributed by atoms with E-state index < -0.39 is 0 Å². The molecule has 0 spiro atoms. The molecule has 3 nitrogen and oxygen atoms in total. The zero-order valence-corrected chi connectivity index (χ0v) is 13.4. The third-order valence-electron chi connectivity index (χ3n) is 4.00. The van der Waals surface area contributed by atoms with Gasteiger partial charge in [0.15, 0.2) is 0 Å². The van der Waals surface area contributed by atoms with E-state index in [2.05, 4.69) is 19.2 Å². The molecule has 4 heteroatoms. The van der Waals surface area contributed by atoms with Gasteiger partial charge >= 0.3 is 5.97 Å². The van der Waals surface area contributed by atoms with Gasteiger partial charge in [0.25, 0.3) is 0 Å². The van der Waals surface area contributed by atoms with E-state index in [1.807, 2.05) is 11.8 Å². The predicted octanol–water partition coefficient (Wildman–Crippen LogP) is 3.23. The monoisotopic (exact) mass is 287 g/mol. The van der Waals surface area contributed by atoms with Gasteiger partial charge in [-0.15, -0.1) is 0 Å². The van der Waals surface area contributed by atoms with E-state index in [0.29, 0.717) is 17.7 Å². The van der Waals surface area contributed by atoms with Crippen molar-refractivity contribution in [1.82, 2.24) is 5.32 Å². The summed E-state index contributed by atoms with van der Waals surface area (Å²) in [6.07, 6.45) is 6.95. The third-order valence-corrected chi connectivity index (χ3v) is 5.39. The first-order chi connectivity index (χ1) is 9.21. The molecule has 0 aromatic rings. The molecule has 0 saturated heterocycles. The Hall–Kier alpha value is -0.220. The highest BCUT2D eigenvalue weighted by molar-refractivity contribution is 7.99.